The highest BCUT2D eigenvalue weighted by Gasteiger charge is 2.36. The van der Waals surface area contributed by atoms with Crippen LogP contribution in [0.25, 0.3) is 0 Å². The van der Waals surface area contributed by atoms with Crippen molar-refractivity contribution in [3.8, 4) is 11.5 Å². The molecule has 35 heavy (non-hydrogen) atoms. The van der Waals surface area contributed by atoms with E-state index < -0.39 is 28.0 Å². The predicted molar refractivity (Wildman–Crippen MR) is 127 cm³/mol. The number of aryl methyl sites for hydroxylation is 1. The molecule has 1 aliphatic carbocycles. The number of ether oxygens (including phenoxy) is 1. The molecular weight excluding hydrogens is 472 g/mol. The zero-order chi connectivity index (χ0) is 25.5. The van der Waals surface area contributed by atoms with Crippen LogP contribution in [0.3, 0.4) is 0 Å². The summed E-state index contributed by atoms with van der Waals surface area (Å²) in [6.45, 7) is 5.20. The van der Waals surface area contributed by atoms with Crippen molar-refractivity contribution in [1.29, 1.82) is 0 Å². The maximum Gasteiger partial charge on any atom is 0.342 e. The molecule has 1 heterocycles. The summed E-state index contributed by atoms with van der Waals surface area (Å²) in [5, 5.41) is 20.5. The third-order valence-corrected chi connectivity index (χ3v) is 8.23. The Hall–Kier alpha value is -3.33. The number of carboxylic acids is 1. The Morgan fingerprint density at radius 2 is 1.83 bits per heavy atom. The van der Waals surface area contributed by atoms with E-state index in [0.29, 0.717) is 17.5 Å². The van der Waals surface area contributed by atoms with Crippen LogP contribution in [0, 0.1) is 25.7 Å². The number of carbonyl (C=O) groups excluding carboxylic acids is 1. The number of carboxylic acid groups (broad SMARTS) is 1. The second kappa shape index (κ2) is 9.37. The summed E-state index contributed by atoms with van der Waals surface area (Å²) < 4.78 is 36.8. The van der Waals surface area contributed by atoms with E-state index >= 15 is 0 Å². The van der Waals surface area contributed by atoms with Crippen molar-refractivity contribution in [3.63, 3.8) is 0 Å². The lowest BCUT2D eigenvalue weighted by atomic mass is 9.88. The topological polar surface area (TPSA) is 127 Å². The molecule has 4 rings (SSSR count). The lowest BCUT2D eigenvalue weighted by molar-refractivity contribution is -0.142. The van der Waals surface area contributed by atoms with E-state index in [9.17, 15) is 28.2 Å². The van der Waals surface area contributed by atoms with Gasteiger partial charge in [-0.2, -0.15) is 8.42 Å². The van der Waals surface area contributed by atoms with Gasteiger partial charge in [0.1, 0.15) is 22.8 Å². The molecule has 2 atom stereocenters. The molecule has 0 spiro atoms. The summed E-state index contributed by atoms with van der Waals surface area (Å²) >= 11 is 0. The van der Waals surface area contributed by atoms with E-state index in [2.05, 4.69) is 0 Å². The maximum atomic E-state index is 13.1. The van der Waals surface area contributed by atoms with Gasteiger partial charge in [0, 0.05) is 11.1 Å². The first-order valence-electron chi connectivity index (χ1n) is 11.5. The second-order valence-corrected chi connectivity index (χ2v) is 10.7. The molecule has 2 aromatic rings. The molecule has 1 fully saturated rings. The number of aliphatic carboxylic acids is 1. The molecule has 0 aromatic heterocycles. The lowest BCUT2D eigenvalue weighted by Gasteiger charge is -2.19. The van der Waals surface area contributed by atoms with Crippen LogP contribution in [0.5, 0.6) is 11.5 Å². The zero-order valence-corrected chi connectivity index (χ0v) is 20.6. The van der Waals surface area contributed by atoms with Crippen molar-refractivity contribution in [2.75, 3.05) is 0 Å². The molecule has 1 aliphatic heterocycles. The number of fused-ring (bicyclic) bond motifs is 1. The number of esters is 1. The molecule has 0 saturated heterocycles. The van der Waals surface area contributed by atoms with Gasteiger partial charge in [-0.3, -0.25) is 4.79 Å². The first-order valence-corrected chi connectivity index (χ1v) is 12.9. The van der Waals surface area contributed by atoms with Crippen LogP contribution in [0.4, 0.5) is 0 Å². The number of phenols is 1. The first kappa shape index (κ1) is 24.8. The summed E-state index contributed by atoms with van der Waals surface area (Å²) in [5.74, 6) is -2.61. The van der Waals surface area contributed by atoms with Gasteiger partial charge >= 0.3 is 22.1 Å². The Morgan fingerprint density at radius 3 is 2.49 bits per heavy atom. The van der Waals surface area contributed by atoms with Crippen molar-refractivity contribution in [1.82, 2.24) is 0 Å². The Kier molecular flexibility index (Phi) is 6.64. The number of cyclic esters (lactones) is 1. The number of carbonyl (C=O) groups is 2. The SMILES string of the molecule is CC(=CCc1c(O)c(C)c2c(c1OS(=O)(=O)c1ccc(C)cc1)C(=O)OC2)C1CCCC1C(=O)O. The number of rotatable bonds is 7. The van der Waals surface area contributed by atoms with Gasteiger partial charge in [-0.05, 0) is 63.6 Å². The van der Waals surface area contributed by atoms with Crippen molar-refractivity contribution in [3.05, 3.63) is 63.7 Å². The fraction of sp³-hybridized carbons (Fsp3) is 0.385. The van der Waals surface area contributed by atoms with E-state index in [1.165, 1.54) is 12.1 Å². The van der Waals surface area contributed by atoms with Gasteiger partial charge in [-0.15, -0.1) is 0 Å². The predicted octanol–water partition coefficient (Wildman–Crippen LogP) is 4.44. The molecule has 9 heteroatoms. The monoisotopic (exact) mass is 500 g/mol. The van der Waals surface area contributed by atoms with Gasteiger partial charge in [0.15, 0.2) is 5.75 Å². The Balaban J connectivity index is 1.78. The zero-order valence-electron chi connectivity index (χ0n) is 19.8. The fourth-order valence-electron chi connectivity index (χ4n) is 4.92. The Bertz CT molecular complexity index is 1320. The molecule has 2 unspecified atom stereocenters. The molecule has 0 radical (unpaired) electrons. The largest absolute Gasteiger partial charge is 0.507 e. The smallest absolute Gasteiger partial charge is 0.342 e. The van der Waals surface area contributed by atoms with Gasteiger partial charge in [0.2, 0.25) is 0 Å². The number of aromatic hydroxyl groups is 1. The van der Waals surface area contributed by atoms with Crippen LogP contribution in [0.2, 0.25) is 0 Å². The quantitative estimate of drug-likeness (QED) is 0.325. The van der Waals surface area contributed by atoms with E-state index in [4.69, 9.17) is 8.92 Å². The minimum atomic E-state index is -4.32. The highest BCUT2D eigenvalue weighted by atomic mass is 32.2. The Labute approximate surface area is 204 Å². The third-order valence-electron chi connectivity index (χ3n) is 7.00. The second-order valence-electron chi connectivity index (χ2n) is 9.20. The van der Waals surface area contributed by atoms with E-state index in [-0.39, 0.29) is 46.5 Å². The minimum Gasteiger partial charge on any atom is -0.507 e. The van der Waals surface area contributed by atoms with Gasteiger partial charge in [-0.25, -0.2) is 4.79 Å². The van der Waals surface area contributed by atoms with E-state index in [0.717, 1.165) is 24.0 Å². The average molecular weight is 501 g/mol. The molecule has 186 valence electrons. The van der Waals surface area contributed by atoms with Crippen molar-refractivity contribution < 1.29 is 37.1 Å². The molecule has 0 amide bonds. The average Bonchev–Trinajstić information content (AvgIpc) is 3.44. The number of benzene rings is 2. The summed E-state index contributed by atoms with van der Waals surface area (Å²) in [4.78, 5) is 24.1. The number of allylic oxidation sites excluding steroid dienone is 2. The maximum absolute atomic E-state index is 13.1. The van der Waals surface area contributed by atoms with Crippen LogP contribution < -0.4 is 4.18 Å². The summed E-state index contributed by atoms with van der Waals surface area (Å²) in [6.07, 6.45) is 3.99. The third kappa shape index (κ3) is 4.65. The van der Waals surface area contributed by atoms with E-state index in [1.807, 2.05) is 13.8 Å². The summed E-state index contributed by atoms with van der Waals surface area (Å²) in [6, 6.07) is 6.09. The van der Waals surface area contributed by atoms with Crippen molar-refractivity contribution in [2.45, 2.75) is 58.0 Å². The molecule has 0 bridgehead atoms. The Morgan fingerprint density at radius 1 is 1.17 bits per heavy atom. The van der Waals surface area contributed by atoms with Gasteiger partial charge in [0.05, 0.1) is 5.92 Å². The van der Waals surface area contributed by atoms with Gasteiger partial charge < -0.3 is 19.1 Å². The number of hydrogen-bond acceptors (Lipinski definition) is 7. The molecule has 8 nitrogen and oxygen atoms in total. The standard InChI is InChI=1S/C26H28O8S/c1-14-7-10-17(11-8-14)35(31,32)34-24-20(23(27)16(3)21-13-33-26(30)22(21)24)12-9-15(2)18-5-4-6-19(18)25(28)29/h7-11,18-19,27H,4-6,12-13H2,1-3H3,(H,28,29). The van der Waals surface area contributed by atoms with Gasteiger partial charge in [0.25, 0.3) is 0 Å². The van der Waals surface area contributed by atoms with Crippen LogP contribution in [-0.4, -0.2) is 30.6 Å². The van der Waals surface area contributed by atoms with Crippen molar-refractivity contribution >= 4 is 22.1 Å². The number of phenolic OH excluding ortho intramolecular Hbond substituents is 1. The highest BCUT2D eigenvalue weighted by molar-refractivity contribution is 7.87. The highest BCUT2D eigenvalue weighted by Crippen LogP contribution is 2.44. The van der Waals surface area contributed by atoms with Crippen LogP contribution in [0.1, 0.15) is 58.8 Å². The minimum absolute atomic E-state index is 0.0127. The molecule has 1 saturated carbocycles. The summed E-state index contributed by atoms with van der Waals surface area (Å²) in [7, 11) is -4.32. The lowest BCUT2D eigenvalue weighted by Crippen LogP contribution is -2.19. The molecule has 2 N–H and O–H groups in total. The number of hydrogen-bond donors (Lipinski definition) is 2. The van der Waals surface area contributed by atoms with E-state index in [1.54, 1.807) is 25.1 Å². The van der Waals surface area contributed by atoms with Crippen LogP contribution in [0.15, 0.2) is 40.8 Å². The van der Waals surface area contributed by atoms with Crippen LogP contribution in [-0.2, 0) is 32.7 Å². The van der Waals surface area contributed by atoms with Crippen molar-refractivity contribution in [2.24, 2.45) is 11.8 Å². The van der Waals surface area contributed by atoms with Gasteiger partial charge in [-0.1, -0.05) is 35.8 Å². The molecular formula is C26H28O8S. The van der Waals surface area contributed by atoms with Crippen LogP contribution >= 0.6 is 0 Å². The summed E-state index contributed by atoms with van der Waals surface area (Å²) in [5.41, 5.74) is 2.63. The first-order chi connectivity index (χ1) is 16.5. The normalized spacial score (nSPS) is 20.0. The fourth-order valence-corrected chi connectivity index (χ4v) is 5.89. The molecule has 2 aliphatic rings. The molecule has 2 aromatic carbocycles.